The highest BCUT2D eigenvalue weighted by molar-refractivity contribution is 5.89. The Kier molecular flexibility index (Phi) is 7.50. The summed E-state index contributed by atoms with van der Waals surface area (Å²) in [6.07, 6.45) is 2.75. The second-order valence-electron chi connectivity index (χ2n) is 6.07. The molecule has 1 unspecified atom stereocenters. The third-order valence-corrected chi connectivity index (χ3v) is 4.04. The third-order valence-electron chi connectivity index (χ3n) is 4.04. The maximum Gasteiger partial charge on any atom is 0.338 e. The lowest BCUT2D eigenvalue weighted by atomic mass is 10.1. The van der Waals surface area contributed by atoms with Crippen LogP contribution in [-0.2, 0) is 17.7 Å². The van der Waals surface area contributed by atoms with Crippen molar-refractivity contribution in [2.75, 3.05) is 6.54 Å². The van der Waals surface area contributed by atoms with Crippen molar-refractivity contribution >= 4 is 5.97 Å². The fourth-order valence-electron chi connectivity index (χ4n) is 2.53. The topological polar surface area (TPSA) is 38.3 Å². The molecule has 128 valence electrons. The van der Waals surface area contributed by atoms with Gasteiger partial charge in [-0.3, -0.25) is 0 Å². The fraction of sp³-hybridized carbons (Fsp3) is 0.381. The Bertz CT molecular complexity index is 607. The van der Waals surface area contributed by atoms with Gasteiger partial charge < -0.3 is 10.1 Å². The van der Waals surface area contributed by atoms with Crippen molar-refractivity contribution in [3.63, 3.8) is 0 Å². The van der Waals surface area contributed by atoms with Gasteiger partial charge in [-0.1, -0.05) is 49.4 Å². The smallest absolute Gasteiger partial charge is 0.338 e. The van der Waals surface area contributed by atoms with Crippen LogP contribution in [-0.4, -0.2) is 18.6 Å². The Labute approximate surface area is 145 Å². The average molecular weight is 325 g/mol. The summed E-state index contributed by atoms with van der Waals surface area (Å²) >= 11 is 0. The van der Waals surface area contributed by atoms with Gasteiger partial charge >= 0.3 is 5.97 Å². The average Bonchev–Trinajstić information content (AvgIpc) is 2.62. The van der Waals surface area contributed by atoms with Gasteiger partial charge in [0.2, 0.25) is 0 Å². The number of carbonyl (C=O) groups excluding carboxylic acids is 1. The molecule has 1 N–H and O–H groups in total. The fourth-order valence-corrected chi connectivity index (χ4v) is 2.53. The number of benzene rings is 2. The SMILES string of the molecule is CCc1ccc(C(=O)OC(C)CCCNCc2ccccc2)cc1. The number of nitrogens with one attached hydrogen (secondary N) is 1. The second-order valence-corrected chi connectivity index (χ2v) is 6.07. The molecule has 0 aromatic heterocycles. The molecular weight excluding hydrogens is 298 g/mol. The molecule has 0 radical (unpaired) electrons. The summed E-state index contributed by atoms with van der Waals surface area (Å²) in [6.45, 7) is 5.84. The van der Waals surface area contributed by atoms with Crippen LogP contribution in [0.2, 0.25) is 0 Å². The first kappa shape index (κ1) is 18.2. The molecule has 1 atom stereocenters. The second kappa shape index (κ2) is 9.89. The Morgan fingerprint density at radius 1 is 1.04 bits per heavy atom. The molecule has 0 aliphatic heterocycles. The van der Waals surface area contributed by atoms with Crippen molar-refractivity contribution < 1.29 is 9.53 Å². The van der Waals surface area contributed by atoms with Crippen molar-refractivity contribution in [2.45, 2.75) is 45.8 Å². The van der Waals surface area contributed by atoms with E-state index in [1.54, 1.807) is 0 Å². The Hall–Kier alpha value is -2.13. The standard InChI is InChI=1S/C21H27NO2/c1-3-18-11-13-20(14-12-18)21(23)24-17(2)8-7-15-22-16-19-9-5-4-6-10-19/h4-6,9-14,17,22H,3,7-8,15-16H2,1-2H3. The van der Waals surface area contributed by atoms with Gasteiger partial charge in [0, 0.05) is 6.54 Å². The summed E-state index contributed by atoms with van der Waals surface area (Å²) in [7, 11) is 0. The van der Waals surface area contributed by atoms with Gasteiger partial charge in [-0.25, -0.2) is 4.79 Å². The monoisotopic (exact) mass is 325 g/mol. The predicted octanol–water partition coefficient (Wildman–Crippen LogP) is 4.36. The minimum Gasteiger partial charge on any atom is -0.459 e. The summed E-state index contributed by atoms with van der Waals surface area (Å²) in [5, 5.41) is 3.41. The van der Waals surface area contributed by atoms with Gasteiger partial charge in [-0.15, -0.1) is 0 Å². The largest absolute Gasteiger partial charge is 0.459 e. The summed E-state index contributed by atoms with van der Waals surface area (Å²) in [5.41, 5.74) is 3.14. The van der Waals surface area contributed by atoms with Crippen LogP contribution in [0.15, 0.2) is 54.6 Å². The van der Waals surface area contributed by atoms with Crippen molar-refractivity contribution in [1.82, 2.24) is 5.32 Å². The first-order valence-electron chi connectivity index (χ1n) is 8.73. The minimum absolute atomic E-state index is 0.0677. The lowest BCUT2D eigenvalue weighted by molar-refractivity contribution is 0.0321. The molecule has 0 heterocycles. The van der Waals surface area contributed by atoms with E-state index in [1.165, 1.54) is 11.1 Å². The third kappa shape index (κ3) is 6.17. The van der Waals surface area contributed by atoms with Gasteiger partial charge in [0.05, 0.1) is 11.7 Å². The van der Waals surface area contributed by atoms with Crippen LogP contribution >= 0.6 is 0 Å². The van der Waals surface area contributed by atoms with E-state index in [2.05, 4.69) is 24.4 Å². The lowest BCUT2D eigenvalue weighted by Crippen LogP contribution is -2.19. The van der Waals surface area contributed by atoms with E-state index in [-0.39, 0.29) is 12.1 Å². The van der Waals surface area contributed by atoms with Crippen molar-refractivity contribution in [3.8, 4) is 0 Å². The molecule has 0 saturated carbocycles. The molecule has 0 aliphatic rings. The Balaban J connectivity index is 1.63. The number of rotatable bonds is 9. The van der Waals surface area contributed by atoms with Crippen LogP contribution in [0, 0.1) is 0 Å². The summed E-state index contributed by atoms with van der Waals surface area (Å²) < 4.78 is 5.51. The van der Waals surface area contributed by atoms with E-state index in [9.17, 15) is 4.79 Å². The van der Waals surface area contributed by atoms with Crippen molar-refractivity contribution in [3.05, 3.63) is 71.3 Å². The predicted molar refractivity (Wildman–Crippen MR) is 98.1 cm³/mol. The van der Waals surface area contributed by atoms with Gasteiger partial charge in [0.1, 0.15) is 0 Å². The summed E-state index contributed by atoms with van der Waals surface area (Å²) in [5.74, 6) is -0.234. The van der Waals surface area contributed by atoms with E-state index in [0.717, 1.165) is 32.4 Å². The molecule has 0 spiro atoms. The zero-order valence-electron chi connectivity index (χ0n) is 14.6. The van der Waals surface area contributed by atoms with Gasteiger partial charge in [-0.05, 0) is 56.0 Å². The van der Waals surface area contributed by atoms with E-state index in [4.69, 9.17) is 4.74 Å². The van der Waals surface area contributed by atoms with E-state index in [0.29, 0.717) is 5.56 Å². The molecule has 0 fully saturated rings. The van der Waals surface area contributed by atoms with Crippen molar-refractivity contribution in [2.24, 2.45) is 0 Å². The lowest BCUT2D eigenvalue weighted by Gasteiger charge is -2.13. The molecule has 2 aromatic carbocycles. The van der Waals surface area contributed by atoms with Crippen LogP contribution in [0.4, 0.5) is 0 Å². The van der Waals surface area contributed by atoms with Gasteiger partial charge in [0.25, 0.3) is 0 Å². The minimum atomic E-state index is -0.234. The Morgan fingerprint density at radius 2 is 1.75 bits per heavy atom. The highest BCUT2D eigenvalue weighted by atomic mass is 16.5. The zero-order valence-corrected chi connectivity index (χ0v) is 14.6. The first-order chi connectivity index (χ1) is 11.7. The van der Waals surface area contributed by atoms with E-state index < -0.39 is 0 Å². The molecule has 2 aromatic rings. The van der Waals surface area contributed by atoms with Crippen LogP contribution in [0.25, 0.3) is 0 Å². The van der Waals surface area contributed by atoms with Crippen molar-refractivity contribution in [1.29, 1.82) is 0 Å². The molecule has 3 heteroatoms. The molecule has 0 aliphatic carbocycles. The highest BCUT2D eigenvalue weighted by Gasteiger charge is 2.11. The van der Waals surface area contributed by atoms with Crippen LogP contribution < -0.4 is 5.32 Å². The number of hydrogen-bond acceptors (Lipinski definition) is 3. The molecular formula is C21H27NO2. The van der Waals surface area contributed by atoms with Crippen LogP contribution in [0.5, 0.6) is 0 Å². The first-order valence-corrected chi connectivity index (χ1v) is 8.73. The maximum atomic E-state index is 12.1. The number of ether oxygens (including phenoxy) is 1. The van der Waals surface area contributed by atoms with E-state index in [1.807, 2.05) is 49.4 Å². The maximum absolute atomic E-state index is 12.1. The highest BCUT2D eigenvalue weighted by Crippen LogP contribution is 2.10. The summed E-state index contributed by atoms with van der Waals surface area (Å²) in [6, 6.07) is 18.0. The van der Waals surface area contributed by atoms with Crippen LogP contribution in [0.3, 0.4) is 0 Å². The summed E-state index contributed by atoms with van der Waals surface area (Å²) in [4.78, 5) is 12.1. The van der Waals surface area contributed by atoms with Gasteiger partial charge in [0.15, 0.2) is 0 Å². The normalized spacial score (nSPS) is 11.9. The van der Waals surface area contributed by atoms with Crippen LogP contribution in [0.1, 0.15) is 48.2 Å². The van der Waals surface area contributed by atoms with Gasteiger partial charge in [-0.2, -0.15) is 0 Å². The number of aryl methyl sites for hydroxylation is 1. The molecule has 0 bridgehead atoms. The Morgan fingerprint density at radius 3 is 2.42 bits per heavy atom. The zero-order chi connectivity index (χ0) is 17.2. The molecule has 0 saturated heterocycles. The molecule has 0 amide bonds. The number of carbonyl (C=O) groups is 1. The number of hydrogen-bond donors (Lipinski definition) is 1. The van der Waals surface area contributed by atoms with E-state index >= 15 is 0 Å². The number of esters is 1. The quantitative estimate of drug-likeness (QED) is 0.550. The molecule has 24 heavy (non-hydrogen) atoms. The molecule has 2 rings (SSSR count). The molecule has 3 nitrogen and oxygen atoms in total.